The molecule has 0 atom stereocenters. The third-order valence-corrected chi connectivity index (χ3v) is 1.10. The van der Waals surface area contributed by atoms with Crippen molar-refractivity contribution in [2.45, 2.75) is 6.42 Å². The van der Waals surface area contributed by atoms with E-state index in [0.717, 1.165) is 5.69 Å². The minimum atomic E-state index is -0.348. The first-order valence-electron chi connectivity index (χ1n) is 3.02. The lowest BCUT2D eigenvalue weighted by Crippen LogP contribution is -1.86. The van der Waals surface area contributed by atoms with Gasteiger partial charge in [0.15, 0.2) is 0 Å². The van der Waals surface area contributed by atoms with Gasteiger partial charge in [0.1, 0.15) is 0 Å². The van der Waals surface area contributed by atoms with E-state index in [9.17, 15) is 4.39 Å². The molecular weight excluding hydrogens is 129 g/mol. The molecule has 0 aliphatic rings. The molecule has 0 aromatic carbocycles. The van der Waals surface area contributed by atoms with Gasteiger partial charge in [-0.2, -0.15) is 0 Å². The minimum Gasteiger partial charge on any atom is -0.261 e. The van der Waals surface area contributed by atoms with Gasteiger partial charge < -0.3 is 0 Å². The van der Waals surface area contributed by atoms with Crippen molar-refractivity contribution in [1.29, 1.82) is 0 Å². The molecule has 1 aromatic heterocycles. The highest BCUT2D eigenvalue weighted by molar-refractivity contribution is 5.08. The van der Waals surface area contributed by atoms with E-state index in [0.29, 0.717) is 0 Å². The van der Waals surface area contributed by atoms with Crippen LogP contribution in [0.5, 0.6) is 0 Å². The molecule has 0 saturated carbocycles. The quantitative estimate of drug-likeness (QED) is 0.608. The lowest BCUT2D eigenvalue weighted by molar-refractivity contribution is 0.613. The van der Waals surface area contributed by atoms with E-state index in [2.05, 4.69) is 11.6 Å². The zero-order valence-corrected chi connectivity index (χ0v) is 5.55. The van der Waals surface area contributed by atoms with Crippen molar-refractivity contribution in [3.05, 3.63) is 42.5 Å². The Morgan fingerprint density at radius 1 is 1.60 bits per heavy atom. The van der Waals surface area contributed by atoms with Crippen LogP contribution in [0.25, 0.3) is 0 Å². The number of rotatable bonds is 2. The van der Waals surface area contributed by atoms with E-state index in [1.54, 1.807) is 18.3 Å². The first-order chi connectivity index (χ1) is 4.79. The Morgan fingerprint density at radius 3 is 2.90 bits per heavy atom. The van der Waals surface area contributed by atoms with Crippen LogP contribution >= 0.6 is 0 Å². The maximum absolute atomic E-state index is 12.2. The fourth-order valence-corrected chi connectivity index (χ4v) is 0.699. The van der Waals surface area contributed by atoms with Crippen molar-refractivity contribution in [1.82, 2.24) is 4.98 Å². The molecule has 1 rings (SSSR count). The summed E-state index contributed by atoms with van der Waals surface area (Å²) in [5, 5.41) is 0. The van der Waals surface area contributed by atoms with Crippen molar-refractivity contribution in [2.75, 3.05) is 0 Å². The molecule has 0 fully saturated rings. The van der Waals surface area contributed by atoms with E-state index < -0.39 is 0 Å². The molecule has 0 unspecified atom stereocenters. The summed E-state index contributed by atoms with van der Waals surface area (Å²) in [6.45, 7) is 3.14. The Balaban J connectivity index is 2.67. The van der Waals surface area contributed by atoms with Crippen LogP contribution in [0.4, 0.5) is 4.39 Å². The second-order valence-corrected chi connectivity index (χ2v) is 2.02. The Labute approximate surface area is 59.2 Å². The SMILES string of the molecule is C=C(F)Cc1ccccn1. The van der Waals surface area contributed by atoms with Crippen LogP contribution in [0.2, 0.25) is 0 Å². The van der Waals surface area contributed by atoms with Crippen molar-refractivity contribution in [2.24, 2.45) is 0 Å². The van der Waals surface area contributed by atoms with Crippen LogP contribution < -0.4 is 0 Å². The molecule has 1 heterocycles. The predicted octanol–water partition coefficient (Wildman–Crippen LogP) is 2.11. The minimum absolute atomic E-state index is 0.223. The summed E-state index contributed by atoms with van der Waals surface area (Å²) in [7, 11) is 0. The van der Waals surface area contributed by atoms with E-state index in [4.69, 9.17) is 0 Å². The van der Waals surface area contributed by atoms with Crippen LogP contribution in [-0.4, -0.2) is 4.98 Å². The van der Waals surface area contributed by atoms with Gasteiger partial charge in [-0.3, -0.25) is 4.98 Å². The highest BCUT2D eigenvalue weighted by atomic mass is 19.1. The standard InChI is InChI=1S/C8H8FN/c1-7(9)6-8-4-2-3-5-10-8/h2-5H,1,6H2. The summed E-state index contributed by atoms with van der Waals surface area (Å²) in [4.78, 5) is 3.92. The zero-order valence-electron chi connectivity index (χ0n) is 5.55. The van der Waals surface area contributed by atoms with Crippen molar-refractivity contribution >= 4 is 0 Å². The summed E-state index contributed by atoms with van der Waals surface area (Å²) in [6, 6.07) is 5.39. The normalized spacial score (nSPS) is 9.30. The van der Waals surface area contributed by atoms with Gasteiger partial charge in [0.25, 0.3) is 0 Å². The lowest BCUT2D eigenvalue weighted by atomic mass is 10.2. The molecule has 0 saturated heterocycles. The second kappa shape index (κ2) is 3.11. The van der Waals surface area contributed by atoms with Gasteiger partial charge in [0.05, 0.1) is 5.83 Å². The maximum Gasteiger partial charge on any atom is 0.0987 e. The number of pyridine rings is 1. The van der Waals surface area contributed by atoms with E-state index in [-0.39, 0.29) is 12.2 Å². The van der Waals surface area contributed by atoms with Gasteiger partial charge in [-0.15, -0.1) is 0 Å². The van der Waals surface area contributed by atoms with Crippen LogP contribution in [0, 0.1) is 0 Å². The van der Waals surface area contributed by atoms with Gasteiger partial charge >= 0.3 is 0 Å². The smallest absolute Gasteiger partial charge is 0.0987 e. The Hall–Kier alpha value is -1.18. The van der Waals surface area contributed by atoms with Gasteiger partial charge in [-0.05, 0) is 12.1 Å². The number of aromatic nitrogens is 1. The highest BCUT2D eigenvalue weighted by Gasteiger charge is 1.93. The molecule has 0 amide bonds. The average Bonchev–Trinajstić information content (AvgIpc) is 1.88. The van der Waals surface area contributed by atoms with E-state index >= 15 is 0 Å². The molecule has 0 aliphatic carbocycles. The largest absolute Gasteiger partial charge is 0.261 e. The Morgan fingerprint density at radius 2 is 2.40 bits per heavy atom. The van der Waals surface area contributed by atoms with Crippen molar-refractivity contribution in [3.63, 3.8) is 0 Å². The fourth-order valence-electron chi connectivity index (χ4n) is 0.699. The van der Waals surface area contributed by atoms with E-state index in [1.807, 2.05) is 6.07 Å². The summed E-state index contributed by atoms with van der Waals surface area (Å²) in [5.74, 6) is -0.348. The number of hydrogen-bond acceptors (Lipinski definition) is 1. The third-order valence-electron chi connectivity index (χ3n) is 1.10. The van der Waals surface area contributed by atoms with Crippen molar-refractivity contribution in [3.8, 4) is 0 Å². The number of halogens is 1. The van der Waals surface area contributed by atoms with Crippen molar-refractivity contribution < 1.29 is 4.39 Å². The molecular formula is C8H8FN. The molecule has 0 aliphatic heterocycles. The van der Waals surface area contributed by atoms with Crippen LogP contribution in [0.1, 0.15) is 5.69 Å². The first-order valence-corrected chi connectivity index (χ1v) is 3.02. The Bertz CT molecular complexity index is 218. The monoisotopic (exact) mass is 137 g/mol. The molecule has 52 valence electrons. The maximum atomic E-state index is 12.2. The molecule has 10 heavy (non-hydrogen) atoms. The van der Waals surface area contributed by atoms with Gasteiger partial charge in [-0.25, -0.2) is 4.39 Å². The fraction of sp³-hybridized carbons (Fsp3) is 0.125. The topological polar surface area (TPSA) is 12.9 Å². The molecule has 0 spiro atoms. The molecule has 1 aromatic rings. The summed E-state index contributed by atoms with van der Waals surface area (Å²) in [5.41, 5.74) is 0.718. The number of allylic oxidation sites excluding steroid dienone is 1. The van der Waals surface area contributed by atoms with Crippen LogP contribution in [0.15, 0.2) is 36.8 Å². The predicted molar refractivity (Wildman–Crippen MR) is 38.2 cm³/mol. The average molecular weight is 137 g/mol. The molecule has 1 nitrogen and oxygen atoms in total. The summed E-state index contributed by atoms with van der Waals surface area (Å²) in [6.07, 6.45) is 1.86. The molecule has 0 N–H and O–H groups in total. The molecule has 0 bridgehead atoms. The molecule has 0 radical (unpaired) electrons. The zero-order chi connectivity index (χ0) is 7.40. The van der Waals surface area contributed by atoms with Crippen LogP contribution in [0.3, 0.4) is 0 Å². The van der Waals surface area contributed by atoms with Crippen LogP contribution in [-0.2, 0) is 6.42 Å². The number of hydrogen-bond donors (Lipinski definition) is 0. The summed E-state index contributed by atoms with van der Waals surface area (Å²) < 4.78 is 12.2. The number of nitrogens with zero attached hydrogens (tertiary/aromatic N) is 1. The van der Waals surface area contributed by atoms with Gasteiger partial charge in [-0.1, -0.05) is 12.6 Å². The second-order valence-electron chi connectivity index (χ2n) is 2.02. The third kappa shape index (κ3) is 1.97. The lowest BCUT2D eigenvalue weighted by Gasteiger charge is -1.93. The molecule has 2 heteroatoms. The Kier molecular flexibility index (Phi) is 2.15. The van der Waals surface area contributed by atoms with Gasteiger partial charge in [0.2, 0.25) is 0 Å². The summed E-state index contributed by atoms with van der Waals surface area (Å²) >= 11 is 0. The first kappa shape index (κ1) is 6.93. The van der Waals surface area contributed by atoms with Gasteiger partial charge in [0, 0.05) is 18.3 Å². The van der Waals surface area contributed by atoms with E-state index in [1.165, 1.54) is 0 Å². The highest BCUT2D eigenvalue weighted by Crippen LogP contribution is 2.02.